The molecule has 1 aliphatic rings. The minimum atomic E-state index is -5.96. The second kappa shape index (κ2) is 5.34. The fourth-order valence-electron chi connectivity index (χ4n) is 1.84. The molecule has 0 aromatic heterocycles. The van der Waals surface area contributed by atoms with Crippen LogP contribution in [0.1, 0.15) is 26.7 Å². The van der Waals surface area contributed by atoms with Crippen LogP contribution in [0.4, 0.5) is 22.0 Å². The lowest BCUT2D eigenvalue weighted by Gasteiger charge is -2.44. The Balaban J connectivity index is 2.85. The highest BCUT2D eigenvalue weighted by atomic mass is 32.2. The van der Waals surface area contributed by atoms with Crippen molar-refractivity contribution in [2.45, 2.75) is 44.2 Å². The van der Waals surface area contributed by atoms with Crippen molar-refractivity contribution in [2.75, 3.05) is 6.61 Å². The molecule has 0 atom stereocenters. The van der Waals surface area contributed by atoms with E-state index in [-0.39, 0.29) is 0 Å². The fourth-order valence-corrected chi connectivity index (χ4v) is 2.35. The highest BCUT2D eigenvalue weighted by molar-refractivity contribution is 7.87. The fraction of sp³-hybridized carbons (Fsp3) is 0.900. The third-order valence-corrected chi connectivity index (χ3v) is 3.74. The number of carbonyl (C=O) groups excluding carboxylic acids is 1. The van der Waals surface area contributed by atoms with Gasteiger partial charge < -0.3 is 4.74 Å². The van der Waals surface area contributed by atoms with Crippen molar-refractivity contribution < 1.29 is 44.1 Å². The summed E-state index contributed by atoms with van der Waals surface area (Å²) < 4.78 is 92.1. The van der Waals surface area contributed by atoms with Crippen molar-refractivity contribution in [2.24, 2.45) is 5.41 Å². The van der Waals surface area contributed by atoms with E-state index in [4.69, 9.17) is 0 Å². The van der Waals surface area contributed by atoms with E-state index in [1.54, 1.807) is 0 Å². The second-order valence-electron chi connectivity index (χ2n) is 5.11. The predicted octanol–water partition coefficient (Wildman–Crippen LogP) is 2.22. The van der Waals surface area contributed by atoms with E-state index >= 15 is 0 Å². The SMILES string of the molecule is CC(C)OC(=O)C1(COS(=O)(=O)C(F)(F)F)CC(F)(F)C1. The molecule has 1 fully saturated rings. The van der Waals surface area contributed by atoms with Crippen LogP contribution in [0.3, 0.4) is 0 Å². The summed E-state index contributed by atoms with van der Waals surface area (Å²) >= 11 is 0. The van der Waals surface area contributed by atoms with Gasteiger partial charge in [0, 0.05) is 12.8 Å². The van der Waals surface area contributed by atoms with E-state index in [0.29, 0.717) is 0 Å². The predicted molar refractivity (Wildman–Crippen MR) is 58.8 cm³/mol. The number of hydrogen-bond acceptors (Lipinski definition) is 5. The molecular weight excluding hydrogens is 327 g/mol. The van der Waals surface area contributed by atoms with Crippen molar-refractivity contribution in [3.63, 3.8) is 0 Å². The number of alkyl halides is 5. The molecule has 0 aliphatic heterocycles. The monoisotopic (exact) mass is 340 g/mol. The van der Waals surface area contributed by atoms with Crippen molar-refractivity contribution in [3.8, 4) is 0 Å². The van der Waals surface area contributed by atoms with Crippen LogP contribution in [0, 0.1) is 5.41 Å². The zero-order chi connectivity index (χ0) is 16.7. The molecule has 124 valence electrons. The van der Waals surface area contributed by atoms with Crippen LogP contribution in [-0.4, -0.2) is 38.5 Å². The van der Waals surface area contributed by atoms with Gasteiger partial charge >= 0.3 is 21.6 Å². The molecule has 0 saturated heterocycles. The van der Waals surface area contributed by atoms with Gasteiger partial charge in [-0.1, -0.05) is 0 Å². The quantitative estimate of drug-likeness (QED) is 0.332. The number of hydrogen-bond donors (Lipinski definition) is 0. The zero-order valence-corrected chi connectivity index (χ0v) is 11.9. The highest BCUT2D eigenvalue weighted by Crippen LogP contribution is 2.53. The maximum atomic E-state index is 12.9. The van der Waals surface area contributed by atoms with Gasteiger partial charge in [-0.3, -0.25) is 8.98 Å². The lowest BCUT2D eigenvalue weighted by Crippen LogP contribution is -2.55. The molecule has 0 spiro atoms. The number of ether oxygens (including phenoxy) is 1. The topological polar surface area (TPSA) is 69.7 Å². The summed E-state index contributed by atoms with van der Waals surface area (Å²) in [6.45, 7) is 1.49. The average molecular weight is 340 g/mol. The van der Waals surface area contributed by atoms with E-state index in [1.165, 1.54) is 13.8 Å². The van der Waals surface area contributed by atoms with E-state index in [2.05, 4.69) is 8.92 Å². The van der Waals surface area contributed by atoms with Gasteiger partial charge in [0.2, 0.25) is 0 Å². The molecule has 0 amide bonds. The van der Waals surface area contributed by atoms with E-state index in [0.717, 1.165) is 0 Å². The van der Waals surface area contributed by atoms with E-state index < -0.39 is 58.5 Å². The van der Waals surface area contributed by atoms with Gasteiger partial charge in [-0.25, -0.2) is 8.78 Å². The third-order valence-electron chi connectivity index (χ3n) is 2.74. The minimum absolute atomic E-state index is 0.692. The number of carbonyl (C=O) groups is 1. The molecule has 5 nitrogen and oxygen atoms in total. The Hall–Kier alpha value is -0.970. The minimum Gasteiger partial charge on any atom is -0.462 e. The standard InChI is InChI=1S/C10H13F5O5S/c1-6(2)20-7(16)8(3-9(11,12)4-8)5-19-21(17,18)10(13,14)15/h6H,3-5H2,1-2H3. The van der Waals surface area contributed by atoms with Crippen LogP contribution >= 0.6 is 0 Å². The maximum absolute atomic E-state index is 12.9. The molecule has 21 heavy (non-hydrogen) atoms. The molecule has 0 heterocycles. The molecule has 1 aliphatic carbocycles. The van der Waals surface area contributed by atoms with Crippen LogP contribution in [0.2, 0.25) is 0 Å². The molecular formula is C10H13F5O5S. The maximum Gasteiger partial charge on any atom is 0.523 e. The van der Waals surface area contributed by atoms with Crippen molar-refractivity contribution in [3.05, 3.63) is 0 Å². The van der Waals surface area contributed by atoms with Crippen molar-refractivity contribution in [1.82, 2.24) is 0 Å². The van der Waals surface area contributed by atoms with Gasteiger partial charge in [-0.05, 0) is 13.8 Å². The average Bonchev–Trinajstić information content (AvgIpc) is 2.20. The van der Waals surface area contributed by atoms with Gasteiger partial charge in [0.1, 0.15) is 5.41 Å². The first-order chi connectivity index (χ1) is 9.21. The number of esters is 1. The number of rotatable bonds is 5. The summed E-state index contributed by atoms with van der Waals surface area (Å²) in [5.41, 5.74) is -7.78. The molecule has 11 heteroatoms. The van der Waals surface area contributed by atoms with Gasteiger partial charge in [-0.15, -0.1) is 0 Å². The molecule has 0 aromatic rings. The zero-order valence-electron chi connectivity index (χ0n) is 11.0. The molecule has 0 bridgehead atoms. The Labute approximate surface area is 117 Å². The Morgan fingerprint density at radius 3 is 2.05 bits per heavy atom. The summed E-state index contributed by atoms with van der Waals surface area (Å²) in [7, 11) is -5.96. The van der Waals surface area contributed by atoms with Crippen LogP contribution < -0.4 is 0 Å². The Bertz CT molecular complexity index is 502. The van der Waals surface area contributed by atoms with Crippen molar-refractivity contribution >= 4 is 16.1 Å². The molecule has 1 rings (SSSR count). The Morgan fingerprint density at radius 1 is 1.24 bits per heavy atom. The van der Waals surface area contributed by atoms with Crippen molar-refractivity contribution in [1.29, 1.82) is 0 Å². The molecule has 0 radical (unpaired) electrons. The van der Waals surface area contributed by atoms with E-state index in [9.17, 15) is 35.2 Å². The second-order valence-corrected chi connectivity index (χ2v) is 6.71. The third kappa shape index (κ3) is 4.02. The van der Waals surface area contributed by atoms with Crippen LogP contribution in [0.15, 0.2) is 0 Å². The first kappa shape index (κ1) is 18.1. The Kier molecular flexibility index (Phi) is 4.60. The largest absolute Gasteiger partial charge is 0.523 e. The summed E-state index contributed by atoms with van der Waals surface area (Å²) in [6, 6.07) is 0. The van der Waals surface area contributed by atoms with Crippen LogP contribution in [-0.2, 0) is 23.8 Å². The normalized spacial score (nSPS) is 21.0. The van der Waals surface area contributed by atoms with Crippen LogP contribution in [0.25, 0.3) is 0 Å². The molecule has 0 unspecified atom stereocenters. The smallest absolute Gasteiger partial charge is 0.462 e. The summed E-state index contributed by atoms with van der Waals surface area (Å²) in [5.74, 6) is -4.48. The number of halogens is 5. The lowest BCUT2D eigenvalue weighted by molar-refractivity contribution is -0.207. The summed E-state index contributed by atoms with van der Waals surface area (Å²) in [4.78, 5) is 11.7. The van der Waals surface area contributed by atoms with Gasteiger partial charge in [0.05, 0.1) is 12.7 Å². The molecule has 0 aromatic carbocycles. The highest BCUT2D eigenvalue weighted by Gasteiger charge is 2.63. The molecule has 1 saturated carbocycles. The summed E-state index contributed by atoms with van der Waals surface area (Å²) in [6.07, 6.45) is -2.94. The van der Waals surface area contributed by atoms with Crippen LogP contribution in [0.5, 0.6) is 0 Å². The first-order valence-corrected chi connectivity index (χ1v) is 7.16. The van der Waals surface area contributed by atoms with E-state index in [1.807, 2.05) is 0 Å². The molecule has 0 N–H and O–H groups in total. The summed E-state index contributed by atoms with van der Waals surface area (Å²) in [5, 5.41) is 0. The van der Waals surface area contributed by atoms with Gasteiger partial charge in [0.15, 0.2) is 0 Å². The first-order valence-electron chi connectivity index (χ1n) is 5.75. The van der Waals surface area contributed by atoms with Gasteiger partial charge in [-0.2, -0.15) is 21.6 Å². The lowest BCUT2D eigenvalue weighted by atomic mass is 9.66. The Morgan fingerprint density at radius 2 is 1.71 bits per heavy atom. The van der Waals surface area contributed by atoms with Gasteiger partial charge in [0.25, 0.3) is 5.92 Å².